The summed E-state index contributed by atoms with van der Waals surface area (Å²) >= 11 is -5.31. The Morgan fingerprint density at radius 3 is 1.03 bits per heavy atom. The average molecular weight is 512 g/mol. The van der Waals surface area contributed by atoms with Crippen molar-refractivity contribution in [2.45, 2.75) is 20.8 Å². The van der Waals surface area contributed by atoms with Crippen molar-refractivity contribution in [1.82, 2.24) is 0 Å². The van der Waals surface area contributed by atoms with E-state index in [2.05, 4.69) is 0 Å². The summed E-state index contributed by atoms with van der Waals surface area (Å²) in [6, 6.07) is 20.9. The molecule has 0 aromatic heterocycles. The van der Waals surface area contributed by atoms with Crippen LogP contribution in [0.4, 0.5) is 0 Å². The van der Waals surface area contributed by atoms with Gasteiger partial charge < -0.3 is 0 Å². The van der Waals surface area contributed by atoms with Gasteiger partial charge >= 0.3 is 179 Å². The third-order valence-electron chi connectivity index (χ3n) is 5.11. The van der Waals surface area contributed by atoms with E-state index in [1.54, 1.807) is 75.4 Å². The van der Waals surface area contributed by atoms with Gasteiger partial charge in [0.15, 0.2) is 0 Å². The molecule has 0 fully saturated rings. The van der Waals surface area contributed by atoms with Gasteiger partial charge in [-0.3, -0.25) is 0 Å². The molecule has 5 heteroatoms. The number of carbonyl (C=O) groups is 3. The molecular weight excluding hydrogens is 490 g/mol. The minimum absolute atomic E-state index is 0.349. The Bertz CT molecular complexity index is 981. The van der Waals surface area contributed by atoms with Crippen LogP contribution in [0.3, 0.4) is 0 Å². The summed E-state index contributed by atoms with van der Waals surface area (Å²) < 4.78 is -1.50. The second-order valence-electron chi connectivity index (χ2n) is 7.09. The predicted octanol–water partition coefficient (Wildman–Crippen LogP) is 5.36. The quantitative estimate of drug-likeness (QED) is 0.419. The van der Waals surface area contributed by atoms with E-state index in [4.69, 9.17) is 8.92 Å². The van der Waals surface area contributed by atoms with E-state index in [1.165, 1.54) is 0 Å². The first-order valence-corrected chi connectivity index (χ1v) is 17.2. The minimum atomic E-state index is -5.31. The molecule has 0 heterocycles. The van der Waals surface area contributed by atoms with Gasteiger partial charge in [0.25, 0.3) is 0 Å². The molecule has 3 aromatic rings. The van der Waals surface area contributed by atoms with Crippen molar-refractivity contribution in [3.63, 3.8) is 0 Å². The molecule has 3 aromatic carbocycles. The molecule has 0 aliphatic heterocycles. The van der Waals surface area contributed by atoms with Crippen molar-refractivity contribution in [1.29, 1.82) is 0 Å². The van der Waals surface area contributed by atoms with Gasteiger partial charge in [0.2, 0.25) is 0 Å². The van der Waals surface area contributed by atoms with Crippen LogP contribution in [0.2, 0.25) is 0 Å². The zero-order chi connectivity index (χ0) is 21.2. The Hall–Kier alpha value is -2.24. The summed E-state index contributed by atoms with van der Waals surface area (Å²) in [4.78, 5) is 41.0. The number of rotatable bonds is 6. The van der Waals surface area contributed by atoms with Gasteiger partial charge in [0.1, 0.15) is 0 Å². The molecular formula is C24H21ClO3Sn. The van der Waals surface area contributed by atoms with Crippen LogP contribution in [0.25, 0.3) is 0 Å². The molecule has 0 saturated carbocycles. The third kappa shape index (κ3) is 3.94. The van der Waals surface area contributed by atoms with Gasteiger partial charge in [0.05, 0.1) is 0 Å². The maximum absolute atomic E-state index is 13.7. The van der Waals surface area contributed by atoms with Gasteiger partial charge in [-0.15, -0.1) is 0 Å². The second kappa shape index (κ2) is 8.64. The Balaban J connectivity index is 2.24. The van der Waals surface area contributed by atoms with Crippen molar-refractivity contribution >= 4 is 37.6 Å². The molecule has 0 spiro atoms. The third-order valence-corrected chi connectivity index (χ3v) is 16.2. The fraction of sp³-hybridized carbons (Fsp3) is 0.125. The topological polar surface area (TPSA) is 51.2 Å². The maximum atomic E-state index is 13.7. The zero-order valence-corrected chi connectivity index (χ0v) is 20.1. The van der Waals surface area contributed by atoms with Crippen LogP contribution in [0.5, 0.6) is 0 Å². The zero-order valence-electron chi connectivity index (χ0n) is 16.5. The number of hydrogen-bond donors (Lipinski definition) is 0. The fourth-order valence-electron chi connectivity index (χ4n) is 3.35. The van der Waals surface area contributed by atoms with Gasteiger partial charge in [-0.25, -0.2) is 0 Å². The van der Waals surface area contributed by atoms with Crippen molar-refractivity contribution in [3.05, 3.63) is 106 Å². The molecule has 0 saturated heterocycles. The molecule has 0 bridgehead atoms. The molecule has 29 heavy (non-hydrogen) atoms. The van der Waals surface area contributed by atoms with Crippen molar-refractivity contribution in [3.8, 4) is 0 Å². The fourth-order valence-corrected chi connectivity index (χ4v) is 12.7. The van der Waals surface area contributed by atoms with Crippen molar-refractivity contribution in [2.24, 2.45) is 0 Å². The number of benzene rings is 3. The van der Waals surface area contributed by atoms with Crippen LogP contribution >= 0.6 is 8.92 Å². The summed E-state index contributed by atoms with van der Waals surface area (Å²) in [6.07, 6.45) is 0. The molecule has 0 radical (unpaired) electrons. The van der Waals surface area contributed by atoms with Gasteiger partial charge in [-0.1, -0.05) is 0 Å². The summed E-state index contributed by atoms with van der Waals surface area (Å²) in [5.74, 6) is 0. The molecule has 146 valence electrons. The molecule has 0 N–H and O–H groups in total. The van der Waals surface area contributed by atoms with E-state index in [-0.39, 0.29) is 0 Å². The summed E-state index contributed by atoms with van der Waals surface area (Å²) in [5.41, 5.74) is 3.16. The van der Waals surface area contributed by atoms with Crippen LogP contribution in [-0.4, -0.2) is 28.6 Å². The standard InChI is InChI=1S/3C8H7O.ClH.Sn/c3*1-7-4-2-3-5-8(7)6-9;;/h3*2-5H,1H3;1H;/q;;;;+1/p-1. The number of hydrogen-bond acceptors (Lipinski definition) is 3. The SMILES string of the molecule is Cc1ccccc1[C](=O)[Sn]([Cl])([C](=O)c1ccccc1C)[C](=O)c1ccccc1C. The monoisotopic (exact) mass is 512 g/mol. The summed E-state index contributed by atoms with van der Waals surface area (Å²) in [7, 11) is 6.97. The van der Waals surface area contributed by atoms with Crippen molar-refractivity contribution in [2.75, 3.05) is 0 Å². The Morgan fingerprint density at radius 2 is 0.793 bits per heavy atom. The molecule has 0 atom stereocenters. The second-order valence-corrected chi connectivity index (χ2v) is 18.5. The summed E-state index contributed by atoms with van der Waals surface area (Å²) in [6.45, 7) is 5.35. The number of carbonyl (C=O) groups excluding carboxylic acids is 3. The van der Waals surface area contributed by atoms with E-state index in [0.717, 1.165) is 0 Å². The van der Waals surface area contributed by atoms with E-state index < -0.39 is 28.6 Å². The van der Waals surface area contributed by atoms with Crippen LogP contribution in [0, 0.1) is 20.8 Å². The van der Waals surface area contributed by atoms with Crippen molar-refractivity contribution < 1.29 is 14.4 Å². The molecule has 0 unspecified atom stereocenters. The Labute approximate surface area is 178 Å². The molecule has 3 nitrogen and oxygen atoms in total. The number of aryl methyl sites for hydroxylation is 3. The first-order chi connectivity index (χ1) is 13.8. The van der Waals surface area contributed by atoms with Crippen LogP contribution in [0.15, 0.2) is 72.8 Å². The van der Waals surface area contributed by atoms with E-state index >= 15 is 0 Å². The first kappa shape index (κ1) is 21.5. The Morgan fingerprint density at radius 1 is 0.552 bits per heavy atom. The molecule has 0 aliphatic carbocycles. The van der Waals surface area contributed by atoms with Crippen LogP contribution < -0.4 is 0 Å². The van der Waals surface area contributed by atoms with Gasteiger partial charge in [0, 0.05) is 0 Å². The van der Waals surface area contributed by atoms with Gasteiger partial charge in [-0.05, 0) is 0 Å². The predicted molar refractivity (Wildman–Crippen MR) is 118 cm³/mol. The molecule has 0 amide bonds. The average Bonchev–Trinajstić information content (AvgIpc) is 2.72. The van der Waals surface area contributed by atoms with Crippen LogP contribution in [-0.2, 0) is 0 Å². The molecule has 3 rings (SSSR count). The van der Waals surface area contributed by atoms with Gasteiger partial charge in [-0.2, -0.15) is 0 Å². The van der Waals surface area contributed by atoms with E-state index in [9.17, 15) is 14.4 Å². The normalized spacial score (nSPS) is 11.2. The van der Waals surface area contributed by atoms with E-state index in [1.807, 2.05) is 18.2 Å². The summed E-state index contributed by atoms with van der Waals surface area (Å²) in [5, 5.41) is 0. The van der Waals surface area contributed by atoms with Crippen LogP contribution in [0.1, 0.15) is 47.8 Å². The Kier molecular flexibility index (Phi) is 6.39. The number of halogens is 1. The van der Waals surface area contributed by atoms with E-state index in [0.29, 0.717) is 33.4 Å². The molecule has 0 aliphatic rings. The first-order valence-electron chi connectivity index (χ1n) is 9.28.